The van der Waals surface area contributed by atoms with Crippen LogP contribution in [0.4, 0.5) is 5.69 Å². The molecule has 0 radical (unpaired) electrons. The van der Waals surface area contributed by atoms with Crippen molar-refractivity contribution in [1.82, 2.24) is 0 Å². The van der Waals surface area contributed by atoms with Crippen molar-refractivity contribution in [3.63, 3.8) is 0 Å². The van der Waals surface area contributed by atoms with Gasteiger partial charge in [-0.25, -0.2) is 0 Å². The largest absolute Gasteiger partial charge is 0.507 e. The Morgan fingerprint density at radius 1 is 1.45 bits per heavy atom. The molecule has 0 aliphatic rings. The highest BCUT2D eigenvalue weighted by Crippen LogP contribution is 2.38. The average Bonchev–Trinajstić information content (AvgIpc) is 1.97. The fraction of sp³-hybridized carbons (Fsp3) is 0.143. The van der Waals surface area contributed by atoms with E-state index in [9.17, 15) is 5.11 Å². The van der Waals surface area contributed by atoms with E-state index in [0.717, 1.165) is 0 Å². The number of hydrogen-bond acceptors (Lipinski definition) is 3. The Balaban J connectivity index is 3.46. The van der Waals surface area contributed by atoms with Gasteiger partial charge >= 0.3 is 0 Å². The lowest BCUT2D eigenvalue weighted by Crippen LogP contribution is -1.89. The molecule has 3 nitrogen and oxygen atoms in total. The van der Waals surface area contributed by atoms with Gasteiger partial charge in [0.15, 0.2) is 0 Å². The van der Waals surface area contributed by atoms with E-state index in [0.29, 0.717) is 10.0 Å². The molecular formula is C7H8BrNO2. The Kier molecular flexibility index (Phi) is 1.95. The maximum absolute atomic E-state index is 9.25. The first-order valence-corrected chi connectivity index (χ1v) is 3.80. The summed E-state index contributed by atoms with van der Waals surface area (Å²) in [6, 6.07) is 1.44. The fourth-order valence-electron chi connectivity index (χ4n) is 0.791. The number of anilines is 1. The van der Waals surface area contributed by atoms with Gasteiger partial charge in [0, 0.05) is 0 Å². The zero-order chi connectivity index (χ0) is 8.59. The van der Waals surface area contributed by atoms with Crippen molar-refractivity contribution in [3.8, 4) is 11.5 Å². The molecule has 0 saturated carbocycles. The van der Waals surface area contributed by atoms with E-state index in [1.54, 1.807) is 6.92 Å². The number of phenolic OH excluding ortho intramolecular Hbond substituents is 2. The summed E-state index contributed by atoms with van der Waals surface area (Å²) in [5.41, 5.74) is 6.15. The lowest BCUT2D eigenvalue weighted by Gasteiger charge is -2.06. The van der Waals surface area contributed by atoms with Crippen LogP contribution in [0.25, 0.3) is 0 Å². The molecule has 0 bridgehead atoms. The number of phenols is 2. The zero-order valence-corrected chi connectivity index (χ0v) is 7.51. The average molecular weight is 218 g/mol. The smallest absolute Gasteiger partial charge is 0.142 e. The van der Waals surface area contributed by atoms with Crippen LogP contribution in [0.1, 0.15) is 5.56 Å². The number of aromatic hydroxyl groups is 2. The molecule has 11 heavy (non-hydrogen) atoms. The number of aryl methyl sites for hydroxylation is 1. The topological polar surface area (TPSA) is 66.5 Å². The quantitative estimate of drug-likeness (QED) is 0.353. The van der Waals surface area contributed by atoms with Gasteiger partial charge in [-0.2, -0.15) is 0 Å². The number of halogens is 1. The van der Waals surface area contributed by atoms with E-state index in [2.05, 4.69) is 15.9 Å². The van der Waals surface area contributed by atoms with E-state index in [-0.39, 0.29) is 17.2 Å². The SMILES string of the molecule is Cc1cc(O)c(Br)c(N)c1O. The van der Waals surface area contributed by atoms with Crippen LogP contribution >= 0.6 is 15.9 Å². The molecule has 0 unspecified atom stereocenters. The number of nitrogen functional groups attached to an aromatic ring is 1. The summed E-state index contributed by atoms with van der Waals surface area (Å²) in [7, 11) is 0. The molecule has 0 spiro atoms. The molecule has 1 aromatic rings. The predicted octanol–water partition coefficient (Wildman–Crippen LogP) is 1.75. The number of hydrogen-bond donors (Lipinski definition) is 3. The second-order valence-electron chi connectivity index (χ2n) is 2.29. The van der Waals surface area contributed by atoms with Gasteiger partial charge in [0.2, 0.25) is 0 Å². The van der Waals surface area contributed by atoms with Crippen LogP contribution in [0.3, 0.4) is 0 Å². The maximum atomic E-state index is 9.25. The first-order chi connectivity index (χ1) is 5.04. The maximum Gasteiger partial charge on any atom is 0.142 e. The Morgan fingerprint density at radius 2 is 2.00 bits per heavy atom. The van der Waals surface area contributed by atoms with Crippen LogP contribution in [0.15, 0.2) is 10.5 Å². The number of nitrogens with two attached hydrogens (primary N) is 1. The van der Waals surface area contributed by atoms with Gasteiger partial charge in [-0.3, -0.25) is 0 Å². The minimum absolute atomic E-state index is 0.00896. The van der Waals surface area contributed by atoms with Gasteiger partial charge in [0.25, 0.3) is 0 Å². The van der Waals surface area contributed by atoms with Gasteiger partial charge in [-0.1, -0.05) is 0 Å². The Bertz CT molecular complexity index is 273. The summed E-state index contributed by atoms with van der Waals surface area (Å²) in [4.78, 5) is 0. The highest BCUT2D eigenvalue weighted by molar-refractivity contribution is 9.10. The van der Waals surface area contributed by atoms with Crippen LogP contribution in [-0.2, 0) is 0 Å². The first-order valence-electron chi connectivity index (χ1n) is 3.00. The molecule has 0 aliphatic heterocycles. The molecule has 4 heteroatoms. The summed E-state index contributed by atoms with van der Waals surface area (Å²) in [5, 5.41) is 18.4. The van der Waals surface area contributed by atoms with E-state index in [1.165, 1.54) is 6.07 Å². The van der Waals surface area contributed by atoms with E-state index < -0.39 is 0 Å². The van der Waals surface area contributed by atoms with Gasteiger partial charge < -0.3 is 15.9 Å². The number of rotatable bonds is 0. The highest BCUT2D eigenvalue weighted by atomic mass is 79.9. The molecule has 0 atom stereocenters. The van der Waals surface area contributed by atoms with Crippen molar-refractivity contribution >= 4 is 21.6 Å². The molecule has 0 aliphatic carbocycles. The van der Waals surface area contributed by atoms with Crippen LogP contribution in [0.2, 0.25) is 0 Å². The lowest BCUT2D eigenvalue weighted by molar-refractivity contribution is 0.456. The molecular weight excluding hydrogens is 210 g/mol. The summed E-state index contributed by atoms with van der Waals surface area (Å²) in [6.45, 7) is 1.66. The van der Waals surface area contributed by atoms with Crippen molar-refractivity contribution in [2.45, 2.75) is 6.92 Å². The van der Waals surface area contributed by atoms with E-state index in [4.69, 9.17) is 10.8 Å². The third-order valence-electron chi connectivity index (χ3n) is 1.44. The van der Waals surface area contributed by atoms with E-state index >= 15 is 0 Å². The van der Waals surface area contributed by atoms with E-state index in [1.807, 2.05) is 0 Å². The fourth-order valence-corrected chi connectivity index (χ4v) is 1.09. The van der Waals surface area contributed by atoms with Crippen molar-refractivity contribution in [2.24, 2.45) is 0 Å². The zero-order valence-electron chi connectivity index (χ0n) is 5.93. The second-order valence-corrected chi connectivity index (χ2v) is 3.08. The molecule has 1 rings (SSSR count). The first kappa shape index (κ1) is 8.20. The standard InChI is InChI=1S/C7H8BrNO2/c1-3-2-4(10)5(8)6(9)7(3)11/h2,10-11H,9H2,1H3. The number of benzene rings is 1. The summed E-state index contributed by atoms with van der Waals surface area (Å²) in [5.74, 6) is 0.0486. The molecule has 0 amide bonds. The summed E-state index contributed by atoms with van der Waals surface area (Å²) < 4.78 is 0.334. The molecule has 0 saturated heterocycles. The van der Waals surface area contributed by atoms with Gasteiger partial charge in [0.05, 0.1) is 10.2 Å². The van der Waals surface area contributed by atoms with Crippen LogP contribution in [0, 0.1) is 6.92 Å². The Hall–Kier alpha value is -0.900. The molecule has 60 valence electrons. The Labute approximate surface area is 72.6 Å². The summed E-state index contributed by atoms with van der Waals surface area (Å²) in [6.07, 6.45) is 0. The van der Waals surface area contributed by atoms with Crippen LogP contribution < -0.4 is 5.73 Å². The van der Waals surface area contributed by atoms with Gasteiger partial charge in [-0.05, 0) is 34.5 Å². The molecule has 0 fully saturated rings. The normalized spacial score (nSPS) is 10.0. The molecule has 4 N–H and O–H groups in total. The van der Waals surface area contributed by atoms with Crippen molar-refractivity contribution in [1.29, 1.82) is 0 Å². The highest BCUT2D eigenvalue weighted by Gasteiger charge is 2.09. The van der Waals surface area contributed by atoms with Crippen molar-refractivity contribution < 1.29 is 10.2 Å². The van der Waals surface area contributed by atoms with Gasteiger partial charge in [0.1, 0.15) is 11.5 Å². The second kappa shape index (κ2) is 2.62. The third-order valence-corrected chi connectivity index (χ3v) is 2.28. The minimum atomic E-state index is 0.00896. The van der Waals surface area contributed by atoms with Crippen molar-refractivity contribution in [3.05, 3.63) is 16.1 Å². The van der Waals surface area contributed by atoms with Crippen molar-refractivity contribution in [2.75, 3.05) is 5.73 Å². The third kappa shape index (κ3) is 1.26. The van der Waals surface area contributed by atoms with Crippen LogP contribution in [-0.4, -0.2) is 10.2 Å². The monoisotopic (exact) mass is 217 g/mol. The molecule has 1 aromatic carbocycles. The van der Waals surface area contributed by atoms with Gasteiger partial charge in [-0.15, -0.1) is 0 Å². The minimum Gasteiger partial charge on any atom is -0.507 e. The Morgan fingerprint density at radius 3 is 2.55 bits per heavy atom. The molecule has 0 heterocycles. The lowest BCUT2D eigenvalue weighted by atomic mass is 10.2. The molecule has 0 aromatic heterocycles. The van der Waals surface area contributed by atoms with Crippen LogP contribution in [0.5, 0.6) is 11.5 Å². The summed E-state index contributed by atoms with van der Waals surface area (Å²) >= 11 is 3.03. The predicted molar refractivity (Wildman–Crippen MR) is 46.6 cm³/mol.